The lowest BCUT2D eigenvalue weighted by Crippen LogP contribution is -2.24. The zero-order valence-corrected chi connectivity index (χ0v) is 23.3. The van der Waals surface area contributed by atoms with E-state index in [0.29, 0.717) is 0 Å². The fourth-order valence-corrected chi connectivity index (χ4v) is 4.46. The van der Waals surface area contributed by atoms with Crippen molar-refractivity contribution in [2.24, 2.45) is 11.8 Å². The van der Waals surface area contributed by atoms with Gasteiger partial charge in [-0.25, -0.2) is 9.50 Å². The van der Waals surface area contributed by atoms with Gasteiger partial charge in [0.25, 0.3) is 0 Å². The molecule has 0 saturated carbocycles. The summed E-state index contributed by atoms with van der Waals surface area (Å²) >= 11 is 0. The van der Waals surface area contributed by atoms with E-state index in [1.807, 2.05) is 53.4 Å². The van der Waals surface area contributed by atoms with Crippen molar-refractivity contribution in [2.45, 2.75) is 47.6 Å². The molecule has 0 amide bonds. The van der Waals surface area contributed by atoms with Gasteiger partial charge in [-0.3, -0.25) is 0 Å². The van der Waals surface area contributed by atoms with Crippen LogP contribution in [0.25, 0.3) is 38.7 Å². The minimum Gasteiger partial charge on any atom is -0.392 e. The van der Waals surface area contributed by atoms with Gasteiger partial charge < -0.3 is 10.4 Å². The number of nitrogens with one attached hydrogen (secondary N) is 1. The van der Waals surface area contributed by atoms with Gasteiger partial charge in [0.15, 0.2) is 5.65 Å². The smallest absolute Gasteiger partial charge is 0.162 e. The lowest BCUT2D eigenvalue weighted by molar-refractivity contribution is 0.283. The second kappa shape index (κ2) is 12.8. The fourth-order valence-electron chi connectivity index (χ4n) is 4.46. The van der Waals surface area contributed by atoms with Crippen molar-refractivity contribution in [1.82, 2.24) is 19.9 Å². The molecule has 5 rings (SSSR count). The average Bonchev–Trinajstić information content (AvgIpc) is 3.36. The normalized spacial score (nSPS) is 12.1. The first kappa shape index (κ1) is 27.5. The average molecular weight is 509 g/mol. The molecule has 1 unspecified atom stereocenters. The zero-order chi connectivity index (χ0) is 27.1. The summed E-state index contributed by atoms with van der Waals surface area (Å²) < 4.78 is 1.83. The largest absolute Gasteiger partial charge is 0.392 e. The number of aliphatic hydroxyl groups excluding tert-OH is 1. The number of hydrogen-bond donors (Lipinski definition) is 2. The van der Waals surface area contributed by atoms with Gasteiger partial charge in [-0.2, -0.15) is 5.10 Å². The van der Waals surface area contributed by atoms with Crippen LogP contribution in [0.3, 0.4) is 0 Å². The summed E-state index contributed by atoms with van der Waals surface area (Å²) in [6, 6.07) is 20.5. The molecule has 2 aromatic heterocycles. The SMILES string of the molecule is CCC(C)CNCC(C)C.Cc1ccc(-c2cnc3c(-c4ccc(CO)c5ccccc45)cnn3c2)cc1. The van der Waals surface area contributed by atoms with Gasteiger partial charge in [0.2, 0.25) is 0 Å². The van der Waals surface area contributed by atoms with E-state index in [2.05, 4.69) is 75.4 Å². The molecule has 5 aromatic rings. The van der Waals surface area contributed by atoms with Crippen LogP contribution in [0.2, 0.25) is 0 Å². The topological polar surface area (TPSA) is 62.5 Å². The lowest BCUT2D eigenvalue weighted by atomic mass is 9.96. The van der Waals surface area contributed by atoms with Crippen LogP contribution in [0.5, 0.6) is 0 Å². The van der Waals surface area contributed by atoms with Gasteiger partial charge in [0.1, 0.15) is 0 Å². The molecule has 198 valence electrons. The second-order valence-electron chi connectivity index (χ2n) is 10.6. The first-order valence-electron chi connectivity index (χ1n) is 13.6. The van der Waals surface area contributed by atoms with Gasteiger partial charge in [-0.1, -0.05) is 100 Å². The molecule has 0 aliphatic heterocycles. The van der Waals surface area contributed by atoms with Crippen molar-refractivity contribution in [3.63, 3.8) is 0 Å². The van der Waals surface area contributed by atoms with Crippen LogP contribution in [0, 0.1) is 18.8 Å². The molecular formula is C33H40N4O. The van der Waals surface area contributed by atoms with E-state index in [0.717, 1.165) is 62.6 Å². The quantitative estimate of drug-likeness (QED) is 0.231. The minimum absolute atomic E-state index is 0.0215. The Hall–Kier alpha value is -3.54. The number of fused-ring (bicyclic) bond motifs is 2. The molecule has 2 N–H and O–H groups in total. The highest BCUT2D eigenvalue weighted by molar-refractivity contribution is 6.01. The van der Waals surface area contributed by atoms with Crippen molar-refractivity contribution < 1.29 is 5.11 Å². The molecule has 38 heavy (non-hydrogen) atoms. The predicted molar refractivity (Wildman–Crippen MR) is 159 cm³/mol. The Bertz CT molecular complexity index is 1470. The standard InChI is InChI=1S/C24H19N3O.C9H21N/c1-16-6-8-17(9-7-16)19-12-25-24-23(13-26-27(24)14-19)22-11-10-18(15-28)20-4-2-3-5-21(20)22;1-5-9(4)7-10-6-8(2)3/h2-14,28H,15H2,1H3;8-10H,5-7H2,1-4H3. The van der Waals surface area contributed by atoms with Crippen molar-refractivity contribution in [1.29, 1.82) is 0 Å². The summed E-state index contributed by atoms with van der Waals surface area (Å²) in [5.41, 5.74) is 7.17. The molecule has 0 fully saturated rings. The first-order valence-corrected chi connectivity index (χ1v) is 13.6. The van der Waals surface area contributed by atoms with Crippen LogP contribution in [0.15, 0.2) is 79.3 Å². The highest BCUT2D eigenvalue weighted by atomic mass is 16.3. The number of nitrogens with zero attached hydrogens (tertiary/aromatic N) is 3. The highest BCUT2D eigenvalue weighted by Crippen LogP contribution is 2.33. The molecule has 2 heterocycles. The van der Waals surface area contributed by atoms with Crippen LogP contribution in [0.1, 0.15) is 45.2 Å². The lowest BCUT2D eigenvalue weighted by Gasteiger charge is -2.11. The van der Waals surface area contributed by atoms with E-state index in [4.69, 9.17) is 4.98 Å². The zero-order valence-electron chi connectivity index (χ0n) is 23.3. The Balaban J connectivity index is 0.000000289. The molecule has 3 aromatic carbocycles. The maximum absolute atomic E-state index is 9.66. The number of rotatable bonds is 8. The van der Waals surface area contributed by atoms with Crippen molar-refractivity contribution in [2.75, 3.05) is 13.1 Å². The Morgan fingerprint density at radius 3 is 2.26 bits per heavy atom. The van der Waals surface area contributed by atoms with E-state index in [1.165, 1.54) is 18.5 Å². The maximum Gasteiger partial charge on any atom is 0.162 e. The molecular weight excluding hydrogens is 468 g/mol. The summed E-state index contributed by atoms with van der Waals surface area (Å²) in [6.07, 6.45) is 7.06. The van der Waals surface area contributed by atoms with Crippen LogP contribution in [-0.2, 0) is 6.61 Å². The van der Waals surface area contributed by atoms with Crippen molar-refractivity contribution in [3.8, 4) is 22.3 Å². The Kier molecular flexibility index (Phi) is 9.27. The van der Waals surface area contributed by atoms with Gasteiger partial charge in [-0.15, -0.1) is 0 Å². The monoisotopic (exact) mass is 508 g/mol. The summed E-state index contributed by atoms with van der Waals surface area (Å²) in [4.78, 5) is 4.72. The molecule has 0 aliphatic rings. The molecule has 0 saturated heterocycles. The van der Waals surface area contributed by atoms with Gasteiger partial charge in [0, 0.05) is 23.5 Å². The Morgan fingerprint density at radius 2 is 1.58 bits per heavy atom. The molecule has 0 spiro atoms. The third-order valence-corrected chi connectivity index (χ3v) is 6.96. The van der Waals surface area contributed by atoms with Gasteiger partial charge in [0.05, 0.1) is 12.8 Å². The Labute approximate surface area is 226 Å². The number of aryl methyl sites for hydroxylation is 1. The molecule has 0 bridgehead atoms. The minimum atomic E-state index is 0.0215. The van der Waals surface area contributed by atoms with E-state index in [1.54, 1.807) is 0 Å². The van der Waals surface area contributed by atoms with Crippen molar-refractivity contribution in [3.05, 3.63) is 90.4 Å². The van der Waals surface area contributed by atoms with E-state index in [-0.39, 0.29) is 6.61 Å². The van der Waals surface area contributed by atoms with Gasteiger partial charge >= 0.3 is 0 Å². The van der Waals surface area contributed by atoms with Crippen molar-refractivity contribution >= 4 is 16.4 Å². The number of aromatic nitrogens is 3. The summed E-state index contributed by atoms with van der Waals surface area (Å²) in [5, 5.41) is 19.8. The third-order valence-electron chi connectivity index (χ3n) is 6.96. The summed E-state index contributed by atoms with van der Waals surface area (Å²) in [7, 11) is 0. The second-order valence-corrected chi connectivity index (χ2v) is 10.6. The first-order chi connectivity index (χ1) is 18.4. The summed E-state index contributed by atoms with van der Waals surface area (Å²) in [5.74, 6) is 1.61. The van der Waals surface area contributed by atoms with Crippen LogP contribution >= 0.6 is 0 Å². The molecule has 0 radical (unpaired) electrons. The van der Waals surface area contributed by atoms with E-state index < -0.39 is 0 Å². The molecule has 5 nitrogen and oxygen atoms in total. The molecule has 1 atom stereocenters. The third kappa shape index (κ3) is 6.47. The number of hydrogen-bond acceptors (Lipinski definition) is 4. The summed E-state index contributed by atoms with van der Waals surface area (Å²) in [6.45, 7) is 13.4. The van der Waals surface area contributed by atoms with E-state index in [9.17, 15) is 5.11 Å². The molecule has 0 aliphatic carbocycles. The number of aliphatic hydroxyl groups is 1. The van der Waals surface area contributed by atoms with Crippen LogP contribution in [-0.4, -0.2) is 32.8 Å². The molecule has 5 heteroatoms. The highest BCUT2D eigenvalue weighted by Gasteiger charge is 2.13. The van der Waals surface area contributed by atoms with Crippen LogP contribution < -0.4 is 5.32 Å². The van der Waals surface area contributed by atoms with E-state index >= 15 is 0 Å². The van der Waals surface area contributed by atoms with Crippen LogP contribution in [0.4, 0.5) is 0 Å². The number of benzene rings is 3. The predicted octanol–water partition coefficient (Wildman–Crippen LogP) is 7.30. The fraction of sp³-hybridized carbons (Fsp3) is 0.333. The van der Waals surface area contributed by atoms with Gasteiger partial charge in [-0.05, 0) is 59.3 Å². The maximum atomic E-state index is 9.66. The Morgan fingerprint density at radius 1 is 0.842 bits per heavy atom.